The number of anilines is 1. The van der Waals surface area contributed by atoms with Crippen LogP contribution in [0.25, 0.3) is 0 Å². The van der Waals surface area contributed by atoms with Gasteiger partial charge in [-0.3, -0.25) is 4.79 Å². The Labute approximate surface area is 162 Å². The molecular weight excluding hydrogens is 402 g/mol. The summed E-state index contributed by atoms with van der Waals surface area (Å²) in [6, 6.07) is 11.4. The van der Waals surface area contributed by atoms with Gasteiger partial charge >= 0.3 is 0 Å². The molecule has 0 aliphatic rings. The molecule has 1 amide bonds. The van der Waals surface area contributed by atoms with Gasteiger partial charge in [-0.1, -0.05) is 57.5 Å². The molecule has 0 saturated heterocycles. The van der Waals surface area contributed by atoms with Crippen LogP contribution in [0.2, 0.25) is 5.02 Å². The van der Waals surface area contributed by atoms with Gasteiger partial charge in [-0.25, -0.2) is 0 Å². The van der Waals surface area contributed by atoms with E-state index in [1.165, 1.54) is 0 Å². The molecule has 0 atom stereocenters. The van der Waals surface area contributed by atoms with Crippen molar-refractivity contribution in [2.24, 2.45) is 0 Å². The highest BCUT2D eigenvalue weighted by atomic mass is 79.9. The average Bonchev–Trinajstić information content (AvgIpc) is 2.53. The first-order chi connectivity index (χ1) is 11.8. The Morgan fingerprint density at radius 3 is 2.24 bits per heavy atom. The second-order valence-electron chi connectivity index (χ2n) is 6.53. The first-order valence-corrected chi connectivity index (χ1v) is 9.47. The number of amides is 1. The molecular formula is C20H23BrClNO2. The highest BCUT2D eigenvalue weighted by Gasteiger charge is 2.16. The maximum absolute atomic E-state index is 12.4. The van der Waals surface area contributed by atoms with Gasteiger partial charge < -0.3 is 10.1 Å². The molecule has 0 fully saturated rings. The smallest absolute Gasteiger partial charge is 0.262 e. The van der Waals surface area contributed by atoms with Crippen LogP contribution in [-0.2, 0) is 4.79 Å². The summed E-state index contributed by atoms with van der Waals surface area (Å²) in [6.45, 7) is 8.42. The molecule has 2 aromatic rings. The normalized spacial score (nSPS) is 11.0. The molecule has 0 unspecified atom stereocenters. The van der Waals surface area contributed by atoms with Gasteiger partial charge in [0.05, 0.1) is 4.47 Å². The molecule has 0 aromatic heterocycles. The lowest BCUT2D eigenvalue weighted by Crippen LogP contribution is -2.22. The van der Waals surface area contributed by atoms with E-state index in [4.69, 9.17) is 16.3 Å². The van der Waals surface area contributed by atoms with Crippen molar-refractivity contribution in [3.63, 3.8) is 0 Å². The number of para-hydroxylation sites is 1. The molecule has 2 aromatic carbocycles. The molecule has 0 radical (unpaired) electrons. The third-order valence-corrected chi connectivity index (χ3v) is 4.74. The van der Waals surface area contributed by atoms with Crippen LogP contribution in [0.15, 0.2) is 40.9 Å². The predicted octanol–water partition coefficient (Wildman–Crippen LogP) is 6.37. The maximum Gasteiger partial charge on any atom is 0.262 e. The van der Waals surface area contributed by atoms with Crippen LogP contribution < -0.4 is 10.1 Å². The van der Waals surface area contributed by atoms with Gasteiger partial charge in [0.2, 0.25) is 0 Å². The fourth-order valence-corrected chi connectivity index (χ4v) is 3.40. The first-order valence-electron chi connectivity index (χ1n) is 8.30. The molecule has 0 bridgehead atoms. The standard InChI is InChI=1S/C20H23BrClNO2/c1-12(2)15-6-5-7-16(13(3)4)20(15)23-19(24)11-25-18-9-8-14(22)10-17(18)21/h5-10,12-13H,11H2,1-4H3,(H,23,24). The van der Waals surface area contributed by atoms with Crippen LogP contribution in [0, 0.1) is 0 Å². The lowest BCUT2D eigenvalue weighted by Gasteiger charge is -2.20. The van der Waals surface area contributed by atoms with Crippen LogP contribution >= 0.6 is 27.5 Å². The Bertz CT molecular complexity index is 733. The molecule has 5 heteroatoms. The Kier molecular flexibility index (Phi) is 6.91. The number of halogens is 2. The Morgan fingerprint density at radius 1 is 1.12 bits per heavy atom. The number of carbonyl (C=O) groups excluding carboxylic acids is 1. The van der Waals surface area contributed by atoms with Crippen molar-refractivity contribution >= 4 is 39.1 Å². The van der Waals surface area contributed by atoms with E-state index in [1.807, 2.05) is 6.07 Å². The summed E-state index contributed by atoms with van der Waals surface area (Å²) in [6.07, 6.45) is 0. The van der Waals surface area contributed by atoms with Crippen LogP contribution in [-0.4, -0.2) is 12.5 Å². The monoisotopic (exact) mass is 423 g/mol. The van der Waals surface area contributed by atoms with Crippen molar-refractivity contribution in [2.45, 2.75) is 39.5 Å². The average molecular weight is 425 g/mol. The Hall–Kier alpha value is -1.52. The van der Waals surface area contributed by atoms with Crippen LogP contribution in [0.3, 0.4) is 0 Å². The van der Waals surface area contributed by atoms with Gasteiger partial charge in [0.15, 0.2) is 6.61 Å². The summed E-state index contributed by atoms with van der Waals surface area (Å²) in [5.74, 6) is 1.04. The molecule has 134 valence electrons. The highest BCUT2D eigenvalue weighted by Crippen LogP contribution is 2.32. The van der Waals surface area contributed by atoms with E-state index in [2.05, 4.69) is 61.1 Å². The van der Waals surface area contributed by atoms with Gasteiger partial charge in [0, 0.05) is 10.7 Å². The number of hydrogen-bond acceptors (Lipinski definition) is 2. The minimum absolute atomic E-state index is 0.0653. The van der Waals surface area contributed by atoms with Gasteiger partial charge in [0.1, 0.15) is 5.75 Å². The number of nitrogens with one attached hydrogen (secondary N) is 1. The summed E-state index contributed by atoms with van der Waals surface area (Å²) in [7, 11) is 0. The van der Waals surface area contributed by atoms with E-state index < -0.39 is 0 Å². The maximum atomic E-state index is 12.4. The van der Waals surface area contributed by atoms with Crippen LogP contribution in [0.5, 0.6) is 5.75 Å². The quantitative estimate of drug-likeness (QED) is 0.585. The fourth-order valence-electron chi connectivity index (χ4n) is 2.61. The van der Waals surface area contributed by atoms with Gasteiger partial charge in [-0.2, -0.15) is 0 Å². The summed E-state index contributed by atoms with van der Waals surface area (Å²) < 4.78 is 6.33. The predicted molar refractivity (Wildman–Crippen MR) is 108 cm³/mol. The number of carbonyl (C=O) groups is 1. The molecule has 25 heavy (non-hydrogen) atoms. The first kappa shape index (κ1) is 19.8. The molecule has 0 aliphatic carbocycles. The second-order valence-corrected chi connectivity index (χ2v) is 7.82. The van der Waals surface area contributed by atoms with Crippen molar-refractivity contribution in [2.75, 3.05) is 11.9 Å². The largest absolute Gasteiger partial charge is 0.483 e. The lowest BCUT2D eigenvalue weighted by atomic mass is 9.92. The van der Waals surface area contributed by atoms with Gasteiger partial charge in [0.25, 0.3) is 5.91 Å². The minimum atomic E-state index is -0.183. The Balaban J connectivity index is 2.14. The third-order valence-electron chi connectivity index (χ3n) is 3.89. The van der Waals surface area contributed by atoms with Crippen molar-refractivity contribution in [3.8, 4) is 5.75 Å². The van der Waals surface area contributed by atoms with E-state index >= 15 is 0 Å². The zero-order valence-electron chi connectivity index (χ0n) is 14.9. The van der Waals surface area contributed by atoms with Crippen molar-refractivity contribution < 1.29 is 9.53 Å². The van der Waals surface area contributed by atoms with Gasteiger partial charge in [-0.05, 0) is 57.1 Å². The molecule has 2 rings (SSSR count). The molecule has 3 nitrogen and oxygen atoms in total. The molecule has 0 spiro atoms. The number of benzene rings is 2. The number of ether oxygens (including phenoxy) is 1. The van der Waals surface area contributed by atoms with E-state index in [1.54, 1.807) is 18.2 Å². The molecule has 0 heterocycles. The SMILES string of the molecule is CC(C)c1cccc(C(C)C)c1NC(=O)COc1ccc(Cl)cc1Br. The zero-order chi connectivity index (χ0) is 18.6. The third kappa shape index (κ3) is 5.23. The van der Waals surface area contributed by atoms with Crippen LogP contribution in [0.1, 0.15) is 50.7 Å². The summed E-state index contributed by atoms with van der Waals surface area (Å²) >= 11 is 9.30. The number of rotatable bonds is 6. The van der Waals surface area contributed by atoms with E-state index in [-0.39, 0.29) is 12.5 Å². The summed E-state index contributed by atoms with van der Waals surface area (Å²) in [5, 5.41) is 3.65. The minimum Gasteiger partial charge on any atom is -0.483 e. The molecule has 0 aliphatic heterocycles. The topological polar surface area (TPSA) is 38.3 Å². The van der Waals surface area contributed by atoms with Crippen molar-refractivity contribution in [1.29, 1.82) is 0 Å². The van der Waals surface area contributed by atoms with Crippen molar-refractivity contribution in [3.05, 3.63) is 57.0 Å². The van der Waals surface area contributed by atoms with Gasteiger partial charge in [-0.15, -0.1) is 0 Å². The zero-order valence-corrected chi connectivity index (χ0v) is 17.2. The number of hydrogen-bond donors (Lipinski definition) is 1. The summed E-state index contributed by atoms with van der Waals surface area (Å²) in [5.41, 5.74) is 3.16. The van der Waals surface area contributed by atoms with Crippen LogP contribution in [0.4, 0.5) is 5.69 Å². The molecule has 1 N–H and O–H groups in total. The lowest BCUT2D eigenvalue weighted by molar-refractivity contribution is -0.118. The second kappa shape index (κ2) is 8.72. The fraction of sp³-hybridized carbons (Fsp3) is 0.350. The van der Waals surface area contributed by atoms with Crippen molar-refractivity contribution in [1.82, 2.24) is 0 Å². The van der Waals surface area contributed by atoms with E-state index in [0.717, 1.165) is 21.3 Å². The van der Waals surface area contributed by atoms with E-state index in [0.29, 0.717) is 22.6 Å². The molecule has 0 saturated carbocycles. The highest BCUT2D eigenvalue weighted by molar-refractivity contribution is 9.10. The van der Waals surface area contributed by atoms with E-state index in [9.17, 15) is 4.79 Å². The Morgan fingerprint density at radius 2 is 1.72 bits per heavy atom. The summed E-state index contributed by atoms with van der Waals surface area (Å²) in [4.78, 5) is 12.4.